The number of hydrogen-bond acceptors (Lipinski definition) is 4. The quantitative estimate of drug-likeness (QED) is 0.328. The summed E-state index contributed by atoms with van der Waals surface area (Å²) in [5, 5.41) is 18.5. The van der Waals surface area contributed by atoms with Gasteiger partial charge in [-0.2, -0.15) is 0 Å². The lowest BCUT2D eigenvalue weighted by Gasteiger charge is -2.04. The van der Waals surface area contributed by atoms with Gasteiger partial charge in [0.1, 0.15) is 5.76 Å². The molecule has 0 unspecified atom stereocenters. The lowest BCUT2D eigenvalue weighted by molar-refractivity contribution is -0.146. The Hall–Kier alpha value is -3.15. The summed E-state index contributed by atoms with van der Waals surface area (Å²) in [5.41, 5.74) is 2.58. The molecular weight excluding hydrogens is 298 g/mol. The number of ketones is 2. The molecule has 0 fully saturated rings. The first-order valence-corrected chi connectivity index (χ1v) is 6.82. The molecule has 2 rings (SSSR count). The molecule has 0 atom stereocenters. The van der Waals surface area contributed by atoms with Gasteiger partial charge in [-0.3, -0.25) is 9.59 Å². The average molecular weight is 313 g/mol. The highest BCUT2D eigenvalue weighted by molar-refractivity contribution is 6.38. The molecule has 0 aliphatic heterocycles. The maximum absolute atomic E-state index is 11.2. The molecule has 0 radical (unpaired) electrons. The van der Waals surface area contributed by atoms with Crippen molar-refractivity contribution in [2.75, 3.05) is 0 Å². The third-order valence-corrected chi connectivity index (χ3v) is 3.34. The van der Waals surface area contributed by atoms with Crippen molar-refractivity contribution in [1.82, 2.24) is 4.98 Å². The first-order chi connectivity index (χ1) is 10.9. The molecule has 0 saturated heterocycles. The Bertz CT molecular complexity index is 784. The average Bonchev–Trinajstić information content (AvgIpc) is 2.95. The van der Waals surface area contributed by atoms with E-state index in [1.54, 1.807) is 30.5 Å². The number of aromatic nitrogens is 1. The first-order valence-electron chi connectivity index (χ1n) is 6.82. The topological polar surface area (TPSA) is 107 Å². The van der Waals surface area contributed by atoms with Crippen LogP contribution in [0.25, 0.3) is 5.76 Å². The summed E-state index contributed by atoms with van der Waals surface area (Å²) in [6.45, 7) is 1.49. The van der Waals surface area contributed by atoms with Crippen LogP contribution in [0.5, 0.6) is 0 Å². The van der Waals surface area contributed by atoms with Crippen LogP contribution in [0.4, 0.5) is 0 Å². The van der Waals surface area contributed by atoms with Crippen LogP contribution in [0.3, 0.4) is 0 Å². The number of carbonyl (C=O) groups is 3. The number of carboxylic acid groups (broad SMARTS) is 1. The molecule has 0 spiro atoms. The lowest BCUT2D eigenvalue weighted by Crippen LogP contribution is -2.09. The van der Waals surface area contributed by atoms with Crippen molar-refractivity contribution in [1.29, 1.82) is 0 Å². The normalized spacial score (nSPS) is 11.3. The minimum absolute atomic E-state index is 0.0216. The Labute approximate surface area is 132 Å². The van der Waals surface area contributed by atoms with Crippen molar-refractivity contribution >= 4 is 23.3 Å². The van der Waals surface area contributed by atoms with Crippen molar-refractivity contribution < 1.29 is 24.6 Å². The van der Waals surface area contributed by atoms with Crippen LogP contribution < -0.4 is 0 Å². The molecule has 0 saturated carbocycles. The van der Waals surface area contributed by atoms with E-state index in [9.17, 15) is 19.5 Å². The Morgan fingerprint density at radius 3 is 2.30 bits per heavy atom. The zero-order chi connectivity index (χ0) is 17.0. The summed E-state index contributed by atoms with van der Waals surface area (Å²) < 4.78 is 0. The van der Waals surface area contributed by atoms with Crippen LogP contribution in [0.15, 0.2) is 42.7 Å². The number of Topliss-reactive ketones (excluding diaryl/α,β-unsaturated/α-hetero) is 1. The van der Waals surface area contributed by atoms with Crippen molar-refractivity contribution in [3.05, 3.63) is 65.0 Å². The van der Waals surface area contributed by atoms with E-state index in [1.807, 2.05) is 0 Å². The van der Waals surface area contributed by atoms with Crippen molar-refractivity contribution in [3.63, 3.8) is 0 Å². The molecule has 2 aromatic rings. The van der Waals surface area contributed by atoms with E-state index in [4.69, 9.17) is 5.11 Å². The number of rotatable bonds is 6. The van der Waals surface area contributed by atoms with E-state index in [2.05, 4.69) is 4.98 Å². The molecule has 118 valence electrons. The largest absolute Gasteiger partial charge is 0.507 e. The van der Waals surface area contributed by atoms with Gasteiger partial charge >= 0.3 is 5.97 Å². The van der Waals surface area contributed by atoms with Crippen LogP contribution >= 0.6 is 0 Å². The van der Waals surface area contributed by atoms with Gasteiger partial charge in [0.05, 0.1) is 0 Å². The predicted molar refractivity (Wildman–Crippen MR) is 83.3 cm³/mol. The molecule has 0 aliphatic carbocycles. The van der Waals surface area contributed by atoms with Gasteiger partial charge < -0.3 is 15.2 Å². The number of hydrogen-bond donors (Lipinski definition) is 3. The van der Waals surface area contributed by atoms with E-state index in [0.29, 0.717) is 29.2 Å². The minimum atomic E-state index is -1.63. The Kier molecular flexibility index (Phi) is 4.75. The zero-order valence-electron chi connectivity index (χ0n) is 12.4. The number of benzene rings is 1. The first kappa shape index (κ1) is 16.2. The summed E-state index contributed by atoms with van der Waals surface area (Å²) in [7, 11) is 0. The van der Waals surface area contributed by atoms with Gasteiger partial charge in [-0.15, -0.1) is 0 Å². The van der Waals surface area contributed by atoms with Gasteiger partial charge in [0.25, 0.3) is 5.78 Å². The summed E-state index contributed by atoms with van der Waals surface area (Å²) in [6.07, 6.45) is 4.27. The number of H-pyrrole nitrogens is 1. The van der Waals surface area contributed by atoms with Crippen LogP contribution in [-0.2, 0) is 16.0 Å². The van der Waals surface area contributed by atoms with E-state index >= 15 is 0 Å². The van der Waals surface area contributed by atoms with E-state index in [1.165, 1.54) is 13.1 Å². The summed E-state index contributed by atoms with van der Waals surface area (Å²) in [5.74, 6) is -3.26. The van der Waals surface area contributed by atoms with Gasteiger partial charge in [0.2, 0.25) is 0 Å². The molecule has 3 N–H and O–H groups in total. The van der Waals surface area contributed by atoms with Gasteiger partial charge in [-0.1, -0.05) is 24.3 Å². The fourth-order valence-electron chi connectivity index (χ4n) is 2.12. The SMILES string of the molecule is CC(=O)c1ccc(Cc2c[nH]cc2C(O)=CC(=O)C(=O)O)cc1. The monoisotopic (exact) mass is 313 g/mol. The van der Waals surface area contributed by atoms with Gasteiger partial charge in [0, 0.05) is 29.6 Å². The van der Waals surface area contributed by atoms with Crippen LogP contribution in [0.1, 0.15) is 34.0 Å². The van der Waals surface area contributed by atoms with Gasteiger partial charge in [-0.25, -0.2) is 4.79 Å². The second kappa shape index (κ2) is 6.74. The third-order valence-electron chi connectivity index (χ3n) is 3.34. The Morgan fingerprint density at radius 2 is 1.74 bits per heavy atom. The molecule has 0 aliphatic rings. The van der Waals surface area contributed by atoms with E-state index in [0.717, 1.165) is 5.56 Å². The summed E-state index contributed by atoms with van der Waals surface area (Å²) >= 11 is 0. The third kappa shape index (κ3) is 3.94. The number of aliphatic hydroxyl groups excluding tert-OH is 1. The molecule has 23 heavy (non-hydrogen) atoms. The number of carboxylic acids is 1. The maximum Gasteiger partial charge on any atom is 0.376 e. The maximum atomic E-state index is 11.2. The van der Waals surface area contributed by atoms with Gasteiger partial charge in [0.15, 0.2) is 5.78 Å². The fraction of sp³-hybridized carbons (Fsp3) is 0.118. The lowest BCUT2D eigenvalue weighted by atomic mass is 10.0. The highest BCUT2D eigenvalue weighted by Crippen LogP contribution is 2.20. The van der Waals surface area contributed by atoms with Crippen LogP contribution in [-0.4, -0.2) is 32.7 Å². The van der Waals surface area contributed by atoms with Crippen LogP contribution in [0.2, 0.25) is 0 Å². The summed E-state index contributed by atoms with van der Waals surface area (Å²) in [6, 6.07) is 7.04. The summed E-state index contributed by atoms with van der Waals surface area (Å²) in [4.78, 5) is 35.7. The molecule has 1 aromatic heterocycles. The fourth-order valence-corrected chi connectivity index (χ4v) is 2.12. The standard InChI is InChI=1S/C17H15NO5/c1-10(19)12-4-2-11(3-5-12)6-13-8-18-9-14(13)15(20)7-16(21)17(22)23/h2-5,7-9,18,20H,6H2,1H3,(H,22,23). The zero-order valence-corrected chi connectivity index (χ0v) is 12.4. The Balaban J connectivity index is 2.22. The van der Waals surface area contributed by atoms with Crippen molar-refractivity contribution in [2.24, 2.45) is 0 Å². The molecule has 6 nitrogen and oxygen atoms in total. The molecular formula is C17H15NO5. The molecule has 0 bridgehead atoms. The highest BCUT2D eigenvalue weighted by atomic mass is 16.4. The van der Waals surface area contributed by atoms with Gasteiger partial charge in [-0.05, 0) is 24.5 Å². The minimum Gasteiger partial charge on any atom is -0.507 e. The Morgan fingerprint density at radius 1 is 1.09 bits per heavy atom. The molecule has 1 heterocycles. The molecule has 6 heteroatoms. The smallest absolute Gasteiger partial charge is 0.376 e. The number of aromatic amines is 1. The number of carbonyl (C=O) groups excluding carboxylic acids is 2. The van der Waals surface area contributed by atoms with Crippen molar-refractivity contribution in [3.8, 4) is 0 Å². The molecule has 0 amide bonds. The number of aliphatic hydroxyl groups is 1. The highest BCUT2D eigenvalue weighted by Gasteiger charge is 2.14. The van der Waals surface area contributed by atoms with E-state index < -0.39 is 17.5 Å². The second-order valence-electron chi connectivity index (χ2n) is 5.02. The number of nitrogens with one attached hydrogen (secondary N) is 1. The number of aliphatic carboxylic acids is 1. The van der Waals surface area contributed by atoms with E-state index in [-0.39, 0.29) is 5.78 Å². The van der Waals surface area contributed by atoms with Crippen molar-refractivity contribution in [2.45, 2.75) is 13.3 Å². The second-order valence-corrected chi connectivity index (χ2v) is 5.02. The predicted octanol–water partition coefficient (Wildman–Crippen LogP) is 2.36. The molecule has 1 aromatic carbocycles. The van der Waals surface area contributed by atoms with Crippen LogP contribution in [0, 0.1) is 0 Å².